The van der Waals surface area contributed by atoms with Gasteiger partial charge in [-0.2, -0.15) is 0 Å². The maximum atomic E-state index is 15.7. The van der Waals surface area contributed by atoms with Crippen molar-refractivity contribution in [3.8, 4) is 11.1 Å². The summed E-state index contributed by atoms with van der Waals surface area (Å²) in [4.78, 5) is 14.4. The molecule has 2 aliphatic heterocycles. The average molecular weight is 465 g/mol. The van der Waals surface area contributed by atoms with E-state index in [1.807, 2.05) is 0 Å². The predicted molar refractivity (Wildman–Crippen MR) is 121 cm³/mol. The Morgan fingerprint density at radius 1 is 1.28 bits per heavy atom. The molecule has 172 valence electrons. The summed E-state index contributed by atoms with van der Waals surface area (Å²) < 4.78 is 73.8. The summed E-state index contributed by atoms with van der Waals surface area (Å²) >= 11 is 0. The molecule has 2 heterocycles. The number of carbonyl (C=O) groups is 1. The summed E-state index contributed by atoms with van der Waals surface area (Å²) in [6.07, 6.45) is -2.77. The third-order valence-electron chi connectivity index (χ3n) is 6.55. The Hall–Kier alpha value is -2.29. The van der Waals surface area contributed by atoms with E-state index < -0.39 is 52.8 Å². The first-order valence-corrected chi connectivity index (χ1v) is 12.3. The molecule has 0 spiro atoms. The Morgan fingerprint density at radius 3 is 2.66 bits per heavy atom. The molecule has 0 radical (unpaired) electrons. The molecule has 3 fully saturated rings. The largest absolute Gasteiger partial charge is 0.384 e. The van der Waals surface area contributed by atoms with Crippen LogP contribution in [0.25, 0.3) is 11.1 Å². The summed E-state index contributed by atoms with van der Waals surface area (Å²) in [6, 6.07) is 11.4. The number of hydrogen-bond donors (Lipinski definition) is 2. The smallest absolute Gasteiger partial charge is 0.251 e. The molecule has 5 rings (SSSR count). The molecule has 3 atom stereocenters. The highest BCUT2D eigenvalue weighted by atomic mass is 32.2. The summed E-state index contributed by atoms with van der Waals surface area (Å²) in [6.45, 7) is -1.86. The molecular weight excluding hydrogens is 431 g/mol. The molecule has 2 N–H and O–H groups in total. The van der Waals surface area contributed by atoms with Crippen LogP contribution in [-0.2, 0) is 21.2 Å². The Bertz CT molecular complexity index is 1230. The summed E-state index contributed by atoms with van der Waals surface area (Å²) in [5, 5.41) is 10.4. The van der Waals surface area contributed by atoms with Gasteiger partial charge in [-0.25, -0.2) is 17.5 Å². The zero-order chi connectivity index (χ0) is 26.5. The molecular formula is C24H29FN2O4S. The topological polar surface area (TPSA) is 86.7 Å². The zero-order valence-corrected chi connectivity index (χ0v) is 18.5. The standard InChI is InChI=1S/C24H29FN2O4S/c1-3-32(30,31)26-23-18-12-19(13-18)27(24(29)15(2)28)21(23)14-17-10-7-11-20(22(17)25)16-8-5-4-6-9-16/h4-11,15,18-19,21,23,26,28H,3,12-14H2,1-2H3/t15-,18?,19?,21+,23+/m1/s1/i2D3,15D. The number of benzene rings is 2. The van der Waals surface area contributed by atoms with Gasteiger partial charge in [-0.3, -0.25) is 4.79 Å². The lowest BCUT2D eigenvalue weighted by atomic mass is 9.66. The van der Waals surface area contributed by atoms with Gasteiger partial charge in [-0.1, -0.05) is 48.5 Å². The van der Waals surface area contributed by atoms with E-state index in [2.05, 4.69) is 4.72 Å². The van der Waals surface area contributed by atoms with Gasteiger partial charge in [0, 0.05) is 21.8 Å². The van der Waals surface area contributed by atoms with Gasteiger partial charge in [-0.05, 0) is 50.1 Å². The Balaban J connectivity index is 1.76. The van der Waals surface area contributed by atoms with Crippen LogP contribution in [0.3, 0.4) is 0 Å². The van der Waals surface area contributed by atoms with Crippen molar-refractivity contribution in [3.05, 3.63) is 59.9 Å². The molecule has 2 aromatic rings. The SMILES string of the molecule is [2H]C([2H])([2H])[C@@]([2H])(O)C(=O)N1C2CC(C2)[C@H](NS(=O)(=O)CC)[C@@H]1Cc1cccc(-c2ccccc2)c1F. The molecule has 1 aliphatic carbocycles. The van der Waals surface area contributed by atoms with E-state index >= 15 is 4.39 Å². The third-order valence-corrected chi connectivity index (χ3v) is 7.94. The van der Waals surface area contributed by atoms with E-state index in [0.717, 1.165) is 4.90 Å². The van der Waals surface area contributed by atoms with E-state index in [-0.39, 0.29) is 23.7 Å². The van der Waals surface area contributed by atoms with Crippen molar-refractivity contribution in [2.24, 2.45) is 5.92 Å². The number of amides is 1. The minimum absolute atomic E-state index is 0.126. The number of nitrogens with one attached hydrogen (secondary N) is 1. The van der Waals surface area contributed by atoms with Crippen molar-refractivity contribution in [2.45, 2.75) is 57.2 Å². The van der Waals surface area contributed by atoms with E-state index in [0.29, 0.717) is 24.0 Å². The predicted octanol–water partition coefficient (Wildman–Crippen LogP) is 2.71. The maximum Gasteiger partial charge on any atom is 0.251 e. The summed E-state index contributed by atoms with van der Waals surface area (Å²) in [7, 11) is -3.73. The van der Waals surface area contributed by atoms with Crippen LogP contribution in [0, 0.1) is 11.7 Å². The fourth-order valence-corrected chi connectivity index (χ4v) is 5.77. The van der Waals surface area contributed by atoms with Crippen LogP contribution in [0.15, 0.2) is 48.5 Å². The number of aliphatic hydroxyl groups is 1. The average Bonchev–Trinajstić information content (AvgIpc) is 2.79. The van der Waals surface area contributed by atoms with Crippen molar-refractivity contribution in [3.63, 3.8) is 0 Å². The van der Waals surface area contributed by atoms with E-state index in [9.17, 15) is 18.3 Å². The molecule has 6 nitrogen and oxygen atoms in total. The third kappa shape index (κ3) is 4.31. The number of fused-ring (bicyclic) bond motifs is 2. The highest BCUT2D eigenvalue weighted by molar-refractivity contribution is 7.89. The zero-order valence-electron chi connectivity index (χ0n) is 21.7. The molecule has 0 unspecified atom stereocenters. The van der Waals surface area contributed by atoms with Gasteiger partial charge in [0.05, 0.1) is 13.2 Å². The molecule has 8 heteroatoms. The second kappa shape index (κ2) is 8.92. The molecule has 2 saturated heterocycles. The van der Waals surface area contributed by atoms with Gasteiger partial charge in [-0.15, -0.1) is 0 Å². The van der Waals surface area contributed by atoms with Crippen molar-refractivity contribution >= 4 is 15.9 Å². The molecule has 0 aromatic heterocycles. The molecule has 2 aromatic carbocycles. The number of sulfonamides is 1. The number of nitrogens with zero attached hydrogens (tertiary/aromatic N) is 1. The Kier molecular flexibility index (Phi) is 5.07. The second-order valence-electron chi connectivity index (χ2n) is 8.41. The van der Waals surface area contributed by atoms with Crippen LogP contribution < -0.4 is 4.72 Å². The van der Waals surface area contributed by atoms with Crippen LogP contribution in [0.2, 0.25) is 0 Å². The van der Waals surface area contributed by atoms with Gasteiger partial charge in [0.25, 0.3) is 5.91 Å². The van der Waals surface area contributed by atoms with Crippen molar-refractivity contribution in [2.75, 3.05) is 5.75 Å². The van der Waals surface area contributed by atoms with Crippen LogP contribution >= 0.6 is 0 Å². The van der Waals surface area contributed by atoms with Crippen molar-refractivity contribution < 1.29 is 28.2 Å². The van der Waals surface area contributed by atoms with Crippen molar-refractivity contribution in [1.82, 2.24) is 9.62 Å². The lowest BCUT2D eigenvalue weighted by Gasteiger charge is -2.58. The van der Waals surface area contributed by atoms with E-state index in [4.69, 9.17) is 5.48 Å². The Labute approximate surface area is 194 Å². The maximum absolute atomic E-state index is 15.7. The fraction of sp³-hybridized carbons (Fsp3) is 0.458. The van der Waals surface area contributed by atoms with Crippen LogP contribution in [0.4, 0.5) is 4.39 Å². The molecule has 3 aliphatic rings. The van der Waals surface area contributed by atoms with Crippen molar-refractivity contribution in [1.29, 1.82) is 0 Å². The quantitative estimate of drug-likeness (QED) is 0.660. The summed E-state index contributed by atoms with van der Waals surface area (Å²) in [5.41, 5.74) is 1.18. The molecule has 1 amide bonds. The fourth-order valence-electron chi connectivity index (χ4n) is 4.84. The van der Waals surface area contributed by atoms with Gasteiger partial charge < -0.3 is 10.0 Å². The highest BCUT2D eigenvalue weighted by Gasteiger charge is 2.53. The number of halogens is 1. The minimum Gasteiger partial charge on any atom is -0.384 e. The molecule has 2 bridgehead atoms. The first-order chi connectivity index (χ1) is 16.8. The lowest BCUT2D eigenvalue weighted by Crippen LogP contribution is -2.71. The first kappa shape index (κ1) is 18.2. The first-order valence-electron chi connectivity index (χ1n) is 12.6. The highest BCUT2D eigenvalue weighted by Crippen LogP contribution is 2.44. The van der Waals surface area contributed by atoms with E-state index in [1.165, 1.54) is 13.0 Å². The molecule has 1 saturated carbocycles. The second-order valence-corrected chi connectivity index (χ2v) is 10.5. The van der Waals surface area contributed by atoms with Gasteiger partial charge >= 0.3 is 0 Å². The number of hydrogen-bond acceptors (Lipinski definition) is 4. The number of rotatable bonds is 7. The monoisotopic (exact) mass is 464 g/mol. The van der Waals surface area contributed by atoms with E-state index in [1.54, 1.807) is 42.5 Å². The van der Waals surface area contributed by atoms with Crippen LogP contribution in [-0.4, -0.2) is 54.3 Å². The van der Waals surface area contributed by atoms with Gasteiger partial charge in [0.2, 0.25) is 10.0 Å². The number of piperidine rings is 2. The summed E-state index contributed by atoms with van der Waals surface area (Å²) in [5.74, 6) is -2.23. The Morgan fingerprint density at radius 2 is 2.00 bits per heavy atom. The number of carbonyl (C=O) groups excluding carboxylic acids is 1. The van der Waals surface area contributed by atoms with Gasteiger partial charge in [0.1, 0.15) is 11.9 Å². The molecule has 32 heavy (non-hydrogen) atoms. The van der Waals surface area contributed by atoms with Crippen LogP contribution in [0.1, 0.15) is 37.7 Å². The van der Waals surface area contributed by atoms with Gasteiger partial charge in [0.15, 0.2) is 0 Å². The lowest BCUT2D eigenvalue weighted by molar-refractivity contribution is -0.157. The van der Waals surface area contributed by atoms with Crippen LogP contribution in [0.5, 0.6) is 0 Å². The minimum atomic E-state index is -3.73. The normalized spacial score (nSPS) is 29.0.